The smallest absolute Gasteiger partial charge is 0.217 e. The minimum Gasteiger partial charge on any atom is -0.394 e. The molecule has 10 saturated heterocycles. The van der Waals surface area contributed by atoms with Crippen LogP contribution in [0, 0.1) is 0 Å². The molecule has 0 radical (unpaired) electrons. The number of ether oxygens (including phenoxy) is 19. The molecule has 0 aromatic rings. The van der Waals surface area contributed by atoms with Crippen LogP contribution in [-0.2, 0) is 99.6 Å². The van der Waals surface area contributed by atoms with E-state index in [0.717, 1.165) is 13.8 Å². The number of carbonyl (C=O) groups is 2. The molecule has 680 valence electrons. The Kier molecular flexibility index (Phi) is 34.4. The van der Waals surface area contributed by atoms with Gasteiger partial charge in [0.25, 0.3) is 0 Å². The molecule has 53 heteroatoms. The van der Waals surface area contributed by atoms with Crippen LogP contribution in [-0.4, -0.2) is 538 Å². The lowest BCUT2D eigenvalue weighted by Gasteiger charge is -2.51. The van der Waals surface area contributed by atoms with Gasteiger partial charge < -0.3 is 254 Å². The Labute approximate surface area is 660 Å². The summed E-state index contributed by atoms with van der Waals surface area (Å²) < 4.78 is 111. The van der Waals surface area contributed by atoms with Crippen LogP contribution in [0.25, 0.3) is 0 Å². The monoisotopic (exact) mass is 1720 g/mol. The van der Waals surface area contributed by atoms with Crippen molar-refractivity contribution in [2.45, 2.75) is 321 Å². The summed E-state index contributed by atoms with van der Waals surface area (Å²) in [6, 6.07) is -3.60. The zero-order chi connectivity index (χ0) is 85.9. The molecule has 10 fully saturated rings. The fraction of sp³-hybridized carbons (Fsp3) is 0.969. The van der Waals surface area contributed by atoms with E-state index in [4.69, 9.17) is 90.0 Å². The van der Waals surface area contributed by atoms with Crippen molar-refractivity contribution in [2.24, 2.45) is 0 Å². The van der Waals surface area contributed by atoms with E-state index in [0.29, 0.717) is 0 Å². The number of hydrogen-bond donors (Lipinski definition) is 32. The predicted octanol–water partition coefficient (Wildman–Crippen LogP) is -22.5. The van der Waals surface area contributed by atoms with Gasteiger partial charge in [-0.2, -0.15) is 0 Å². The zero-order valence-corrected chi connectivity index (χ0v) is 61.9. The van der Waals surface area contributed by atoms with Crippen molar-refractivity contribution in [3.63, 3.8) is 0 Å². The van der Waals surface area contributed by atoms with Gasteiger partial charge in [-0.1, -0.05) is 0 Å². The number of rotatable bonds is 30. The summed E-state index contributed by atoms with van der Waals surface area (Å²) in [5.41, 5.74) is 0. The molecule has 10 aliphatic rings. The molecule has 10 aliphatic heterocycles. The van der Waals surface area contributed by atoms with Crippen LogP contribution in [0.5, 0.6) is 0 Å². The molecule has 0 aromatic heterocycles. The van der Waals surface area contributed by atoms with E-state index in [1.165, 1.54) is 0 Å². The van der Waals surface area contributed by atoms with Gasteiger partial charge in [-0.3, -0.25) is 9.59 Å². The third-order valence-corrected chi connectivity index (χ3v) is 21.7. The number of carbonyl (C=O) groups excluding carboxylic acids is 2. The normalized spacial score (nSPS) is 51.5. The maximum absolute atomic E-state index is 13.0. The molecule has 32 N–H and O–H groups in total. The van der Waals surface area contributed by atoms with Gasteiger partial charge in [-0.05, 0) is 0 Å². The Morgan fingerprint density at radius 2 is 0.470 bits per heavy atom. The standard InChI is InChI=1S/C64H108N2O51/c1-13(75)65-25-35(85)48(21(9-73)101-55(25)98)111-56-26(66-14(2)76)36(86)49(22(10-74)108-56)112-61-47(97)51(34(84)24(110-61)12-99-57-43(93)39(89)32(82)23(109-57)11-100-62-52(40(90)29(79)17(5-69)105-62)115-59-45(95)38(88)28(78)16(4-68)103-59)114-63-54(42(92)31(81)18(6-70)106-63)117-64-53(41(91)30(80)19(7-71)107-64)116-60-46(96)50(33(83)20(8-72)104-60)113-58-44(94)37(87)27(77)15(3-67)102-58/h15-64,67-74,77-98H,3-12H2,1-2H3,(H,65,75)(H,66,76)/t15-,16-,17-,18-,19-,20-,21-,22-,23-,24-,25-,26-,27-,28-,29-,30-,31-,32-,33-,34-,35-,36-,37+,38+,39+,40+,41+,42+,43+,44-,45+,46+,47+,48-,49-,50+,51+,52+,53+,54+,55-,56+,57+,58-,59-,60-,61+,62+,63-,64-/m1/s1. The van der Waals surface area contributed by atoms with Crippen LogP contribution in [0.4, 0.5) is 0 Å². The Balaban J connectivity index is 0.950. The molecule has 0 saturated carbocycles. The summed E-state index contributed by atoms with van der Waals surface area (Å²) >= 11 is 0. The van der Waals surface area contributed by atoms with E-state index >= 15 is 0 Å². The van der Waals surface area contributed by atoms with Crippen LogP contribution in [0.3, 0.4) is 0 Å². The van der Waals surface area contributed by atoms with Crippen molar-refractivity contribution >= 4 is 11.8 Å². The lowest BCUT2D eigenvalue weighted by molar-refractivity contribution is -0.411. The Hall–Kier alpha value is -3.02. The summed E-state index contributed by atoms with van der Waals surface area (Å²) in [5.74, 6) is -1.76. The first kappa shape index (κ1) is 96.2. The highest BCUT2D eigenvalue weighted by Gasteiger charge is 2.61. The molecule has 0 aliphatic carbocycles. The Bertz CT molecular complexity index is 3050. The number of hydrogen-bond acceptors (Lipinski definition) is 51. The molecule has 50 atom stereocenters. The number of amides is 2. The quantitative estimate of drug-likeness (QED) is 0.0318. The van der Waals surface area contributed by atoms with Gasteiger partial charge in [0, 0.05) is 13.8 Å². The number of aliphatic hydroxyl groups excluding tert-OH is 30. The van der Waals surface area contributed by atoms with Crippen LogP contribution in [0.2, 0.25) is 0 Å². The van der Waals surface area contributed by atoms with E-state index < -0.39 is 385 Å². The summed E-state index contributed by atoms with van der Waals surface area (Å²) in [7, 11) is 0. The van der Waals surface area contributed by atoms with Gasteiger partial charge in [0.15, 0.2) is 62.9 Å². The maximum atomic E-state index is 13.0. The van der Waals surface area contributed by atoms with Crippen molar-refractivity contribution < 1.29 is 253 Å². The lowest BCUT2D eigenvalue weighted by atomic mass is 9.94. The van der Waals surface area contributed by atoms with E-state index in [-0.39, 0.29) is 0 Å². The first-order valence-corrected chi connectivity index (χ1v) is 37.2. The van der Waals surface area contributed by atoms with Gasteiger partial charge in [0.1, 0.15) is 244 Å². The molecule has 10 rings (SSSR count). The minimum absolute atomic E-state index is 0.798. The van der Waals surface area contributed by atoms with Gasteiger partial charge >= 0.3 is 0 Å². The topological polar surface area (TPSA) is 840 Å². The fourth-order valence-electron chi connectivity index (χ4n) is 15.0. The fourth-order valence-corrected chi connectivity index (χ4v) is 15.0. The third-order valence-electron chi connectivity index (χ3n) is 21.7. The number of aliphatic hydroxyl groups is 30. The second kappa shape index (κ2) is 41.9. The van der Waals surface area contributed by atoms with Crippen LogP contribution >= 0.6 is 0 Å². The molecule has 53 nitrogen and oxygen atoms in total. The summed E-state index contributed by atoms with van der Waals surface area (Å²) in [4.78, 5) is 25.1. The maximum Gasteiger partial charge on any atom is 0.217 e. The van der Waals surface area contributed by atoms with Gasteiger partial charge in [0.2, 0.25) is 11.8 Å². The Morgan fingerprint density at radius 3 is 0.889 bits per heavy atom. The highest BCUT2D eigenvalue weighted by Crippen LogP contribution is 2.41. The molecule has 0 aromatic carbocycles. The van der Waals surface area contributed by atoms with E-state index in [2.05, 4.69) is 10.6 Å². The molecular formula is C64H108N2O51. The highest BCUT2D eigenvalue weighted by molar-refractivity contribution is 5.73. The van der Waals surface area contributed by atoms with Crippen molar-refractivity contribution in [3.05, 3.63) is 0 Å². The zero-order valence-electron chi connectivity index (χ0n) is 61.9. The van der Waals surface area contributed by atoms with Gasteiger partial charge in [-0.15, -0.1) is 0 Å². The van der Waals surface area contributed by atoms with Crippen LogP contribution in [0.1, 0.15) is 13.8 Å². The SMILES string of the molecule is CC(=O)N[C@@H]1[C@@H](O)[C@H](O[C@@H]2O[C@H](CO)[C@@H](O[C@@H]3O[C@H](CO[C@H]4O[C@H](CO[C@H]5O[C@H](CO)[C@@H](O)[C@H](O)[C@@H]5O[C@H]5O[C@H](CO)[C@@H](O)[C@H](O)[C@@H]5O)[C@@H](O)[C@H](O)[C@@H]4O)[C@@H](O)[C@H](O[C@H]4O[C@H](CO)[C@@H](O)[C@H](O)[C@@H]4O[C@H]4O[C@H](CO)[C@@H](O)[C@H](O)[C@@H]4O[C@H]4O[C@H](CO)[C@@H](O)[C@H](O[C@H]5O[C@H](CO)[C@@H](O)[C@H](O)[C@H]5O)[C@@H]4O)[C@@H]3O)[C@H](O)[C@H]2NC(C)=O)[C@@H](CO)O[C@H]1O. The van der Waals surface area contributed by atoms with Crippen molar-refractivity contribution in [3.8, 4) is 0 Å². The van der Waals surface area contributed by atoms with Crippen LogP contribution in [0.15, 0.2) is 0 Å². The summed E-state index contributed by atoms with van der Waals surface area (Å²) in [5, 5.41) is 336. The van der Waals surface area contributed by atoms with Gasteiger partial charge in [-0.25, -0.2) is 0 Å². The molecule has 117 heavy (non-hydrogen) atoms. The first-order valence-electron chi connectivity index (χ1n) is 37.2. The summed E-state index contributed by atoms with van der Waals surface area (Å²) in [6.45, 7) is -9.03. The van der Waals surface area contributed by atoms with E-state index in [1.54, 1.807) is 0 Å². The van der Waals surface area contributed by atoms with Crippen molar-refractivity contribution in [2.75, 3.05) is 66.1 Å². The predicted molar refractivity (Wildman–Crippen MR) is 353 cm³/mol. The second-order valence-electron chi connectivity index (χ2n) is 29.5. The highest BCUT2D eigenvalue weighted by atomic mass is 16.8. The largest absolute Gasteiger partial charge is 0.394 e. The Morgan fingerprint density at radius 1 is 0.222 bits per heavy atom. The second-order valence-corrected chi connectivity index (χ2v) is 29.5. The molecule has 0 spiro atoms. The minimum atomic E-state index is -2.61. The average molecular weight is 1720 g/mol. The first-order chi connectivity index (χ1) is 55.4. The molecular weight excluding hydrogens is 1610 g/mol. The van der Waals surface area contributed by atoms with Crippen LogP contribution < -0.4 is 10.6 Å². The van der Waals surface area contributed by atoms with Gasteiger partial charge in [0.05, 0.1) is 66.1 Å². The molecule has 0 bridgehead atoms. The van der Waals surface area contributed by atoms with Crippen molar-refractivity contribution in [1.29, 1.82) is 0 Å². The lowest BCUT2D eigenvalue weighted by Crippen LogP contribution is -2.70. The molecule has 2 amide bonds. The summed E-state index contributed by atoms with van der Waals surface area (Å²) in [6.07, 6.45) is -102. The molecule has 10 heterocycles. The average Bonchev–Trinajstić information content (AvgIpc) is 0.767. The van der Waals surface area contributed by atoms with E-state index in [1.807, 2.05) is 0 Å². The third kappa shape index (κ3) is 20.7. The van der Waals surface area contributed by atoms with Crippen molar-refractivity contribution in [1.82, 2.24) is 10.6 Å². The molecule has 0 unspecified atom stereocenters. The van der Waals surface area contributed by atoms with E-state index in [9.17, 15) is 163 Å². The number of nitrogens with one attached hydrogen (secondary N) is 2.